The monoisotopic (exact) mass is 799 g/mol. The first-order valence-electron chi connectivity index (χ1n) is 21.5. The molecule has 0 aromatic rings. The summed E-state index contributed by atoms with van der Waals surface area (Å²) in [5.41, 5.74) is 0. The van der Waals surface area contributed by atoms with Crippen molar-refractivity contribution in [2.24, 2.45) is 5.92 Å². The number of aliphatic hydroxyl groups excluding tert-OH is 2. The Kier molecular flexibility index (Phi) is 36.1. The van der Waals surface area contributed by atoms with Gasteiger partial charge in [-0.05, 0) is 38.0 Å². The Morgan fingerprint density at radius 3 is 1.58 bits per heavy atom. The van der Waals surface area contributed by atoms with Crippen LogP contribution in [0.4, 0.5) is 0 Å². The number of hydrogen-bond donors (Lipinski definition) is 4. The second kappa shape index (κ2) is 37.5. The van der Waals surface area contributed by atoms with Crippen molar-refractivity contribution >= 4 is 19.8 Å². The Labute approximate surface area is 334 Å². The molecule has 4 N–H and O–H groups in total. The minimum Gasteiger partial charge on any atom is -0.462 e. The lowest BCUT2D eigenvalue weighted by atomic mass is 9.99. The van der Waals surface area contributed by atoms with Gasteiger partial charge in [0, 0.05) is 12.8 Å². The van der Waals surface area contributed by atoms with Gasteiger partial charge in [0.2, 0.25) is 0 Å². The van der Waals surface area contributed by atoms with Crippen molar-refractivity contribution in [2.75, 3.05) is 13.2 Å². The molecule has 55 heavy (non-hydrogen) atoms. The largest absolute Gasteiger partial charge is 0.469 e. The molecule has 0 aromatic heterocycles. The van der Waals surface area contributed by atoms with Crippen molar-refractivity contribution in [3.05, 3.63) is 48.6 Å². The maximum Gasteiger partial charge on any atom is 0.469 e. The average molecular weight is 799 g/mol. The van der Waals surface area contributed by atoms with E-state index in [9.17, 15) is 24.4 Å². The Bertz CT molecular complexity index is 1080. The van der Waals surface area contributed by atoms with E-state index in [1.165, 1.54) is 77.0 Å². The van der Waals surface area contributed by atoms with Gasteiger partial charge in [0.1, 0.15) is 6.61 Å². The van der Waals surface area contributed by atoms with Crippen LogP contribution in [0.15, 0.2) is 48.6 Å². The molecule has 10 nitrogen and oxygen atoms in total. The average Bonchev–Trinajstić information content (AvgIpc) is 3.14. The number of allylic oxidation sites excluding steroid dienone is 6. The molecule has 0 heterocycles. The highest BCUT2D eigenvalue weighted by Gasteiger charge is 2.23. The Morgan fingerprint density at radius 1 is 0.600 bits per heavy atom. The number of rotatable bonds is 38. The second-order valence-corrected chi connectivity index (χ2v) is 16.2. The number of phosphoric acid groups is 1. The minimum atomic E-state index is -4.81. The minimum absolute atomic E-state index is 0.0190. The highest BCUT2D eigenvalue weighted by atomic mass is 31.2. The third-order valence-electron chi connectivity index (χ3n) is 9.60. The van der Waals surface area contributed by atoms with Crippen LogP contribution in [0.3, 0.4) is 0 Å². The maximum absolute atomic E-state index is 12.4. The first-order valence-corrected chi connectivity index (χ1v) is 23.1. The van der Waals surface area contributed by atoms with Crippen LogP contribution in [0.25, 0.3) is 0 Å². The molecular formula is C44H79O10P. The Morgan fingerprint density at radius 2 is 1.07 bits per heavy atom. The van der Waals surface area contributed by atoms with E-state index >= 15 is 0 Å². The molecule has 0 saturated carbocycles. The summed E-state index contributed by atoms with van der Waals surface area (Å²) in [6.45, 7) is 5.76. The molecule has 0 saturated heterocycles. The summed E-state index contributed by atoms with van der Waals surface area (Å²) in [5, 5.41) is 20.0. The number of aliphatic hydroxyl groups is 2. The van der Waals surface area contributed by atoms with Gasteiger partial charge >= 0.3 is 19.8 Å². The molecule has 320 valence electrons. The molecule has 0 aliphatic heterocycles. The molecular weight excluding hydrogens is 719 g/mol. The van der Waals surface area contributed by atoms with Crippen LogP contribution in [0, 0.1) is 5.92 Å². The fourth-order valence-corrected chi connectivity index (χ4v) is 6.28. The van der Waals surface area contributed by atoms with E-state index < -0.39 is 44.7 Å². The Balaban J connectivity index is 4.13. The lowest BCUT2D eigenvalue weighted by Gasteiger charge is -2.18. The number of ether oxygens (including phenoxy) is 2. The van der Waals surface area contributed by atoms with Crippen LogP contribution < -0.4 is 0 Å². The molecule has 1 unspecified atom stereocenters. The zero-order valence-corrected chi connectivity index (χ0v) is 35.6. The molecule has 0 rings (SSSR count). The van der Waals surface area contributed by atoms with E-state index in [2.05, 4.69) is 25.3 Å². The standard InChI is InChI=1S/C44H79O10P/c1-4-6-24-31-40(45)32-26-21-17-15-18-22-27-33-41(46)34-29-36-43(47)52-37-42(38-53-55(49,50)51)54-44(48)35-28-23-19-14-12-10-8-7-9-11-13-16-20-25-30-39(3)5-2/h17-18,21-22,26-27,32-33,39-42,45-46H,4-16,19-20,23-25,28-31,34-38H2,1-3H3,(H2,49,50,51)/b21-17-,22-18-,32-26+,33-27+/t39?,40-,41-,42+/m0/s1. The van der Waals surface area contributed by atoms with Gasteiger partial charge in [0.05, 0.1) is 18.8 Å². The summed E-state index contributed by atoms with van der Waals surface area (Å²) < 4.78 is 26.3. The van der Waals surface area contributed by atoms with Crippen LogP contribution in [-0.2, 0) is 28.2 Å². The topological polar surface area (TPSA) is 160 Å². The van der Waals surface area contributed by atoms with Crippen molar-refractivity contribution in [3.8, 4) is 0 Å². The summed E-state index contributed by atoms with van der Waals surface area (Å²) in [5.74, 6) is -0.241. The van der Waals surface area contributed by atoms with Gasteiger partial charge in [0.15, 0.2) is 6.10 Å². The van der Waals surface area contributed by atoms with E-state index in [0.29, 0.717) is 25.7 Å². The zero-order valence-electron chi connectivity index (χ0n) is 34.7. The van der Waals surface area contributed by atoms with E-state index in [0.717, 1.165) is 50.9 Å². The van der Waals surface area contributed by atoms with Crippen LogP contribution in [0.5, 0.6) is 0 Å². The highest BCUT2D eigenvalue weighted by molar-refractivity contribution is 7.46. The van der Waals surface area contributed by atoms with Gasteiger partial charge in [-0.1, -0.05) is 185 Å². The maximum atomic E-state index is 12.4. The summed E-state index contributed by atoms with van der Waals surface area (Å²) in [6, 6.07) is 0. The van der Waals surface area contributed by atoms with Crippen LogP contribution in [0.1, 0.15) is 181 Å². The molecule has 0 bridgehead atoms. The third kappa shape index (κ3) is 39.9. The lowest BCUT2D eigenvalue weighted by molar-refractivity contribution is -0.161. The summed E-state index contributed by atoms with van der Waals surface area (Å²) in [6.07, 6.45) is 37.6. The van der Waals surface area contributed by atoms with Crippen molar-refractivity contribution in [1.82, 2.24) is 0 Å². The molecule has 0 fully saturated rings. The first kappa shape index (κ1) is 52.9. The van der Waals surface area contributed by atoms with E-state index in [1.54, 1.807) is 18.2 Å². The number of esters is 2. The van der Waals surface area contributed by atoms with Crippen LogP contribution in [0.2, 0.25) is 0 Å². The number of carbonyl (C=O) groups is 2. The lowest BCUT2D eigenvalue weighted by Crippen LogP contribution is -2.29. The van der Waals surface area contributed by atoms with Gasteiger partial charge in [0.25, 0.3) is 0 Å². The third-order valence-corrected chi connectivity index (χ3v) is 10.1. The zero-order chi connectivity index (χ0) is 40.8. The molecule has 0 amide bonds. The summed E-state index contributed by atoms with van der Waals surface area (Å²) >= 11 is 0. The van der Waals surface area contributed by atoms with E-state index in [-0.39, 0.29) is 19.4 Å². The van der Waals surface area contributed by atoms with E-state index in [1.807, 2.05) is 30.4 Å². The molecule has 0 aliphatic rings. The normalized spacial score (nSPS) is 14.7. The fourth-order valence-electron chi connectivity index (χ4n) is 5.92. The summed E-state index contributed by atoms with van der Waals surface area (Å²) in [4.78, 5) is 42.9. The van der Waals surface area contributed by atoms with Crippen molar-refractivity contribution < 1.29 is 48.2 Å². The molecule has 0 aromatic carbocycles. The first-order chi connectivity index (χ1) is 26.5. The molecule has 0 spiro atoms. The second-order valence-electron chi connectivity index (χ2n) is 15.0. The van der Waals surface area contributed by atoms with Gasteiger partial charge in [-0.3, -0.25) is 14.1 Å². The number of carbonyl (C=O) groups excluding carboxylic acids is 2. The smallest absolute Gasteiger partial charge is 0.462 e. The predicted octanol–water partition coefficient (Wildman–Crippen LogP) is 10.9. The quantitative estimate of drug-likeness (QED) is 0.0205. The van der Waals surface area contributed by atoms with Gasteiger partial charge < -0.3 is 29.5 Å². The number of unbranched alkanes of at least 4 members (excludes halogenated alkanes) is 15. The SMILES string of the molecule is CCCCC[C@H](O)/C=C/C=C\C/C=C\C=C\[C@H](O)CCCC(=O)OC[C@H](COP(=O)(O)O)OC(=O)CCCCCCCCCCCCCCCCC(C)CC. The highest BCUT2D eigenvalue weighted by Crippen LogP contribution is 2.36. The predicted molar refractivity (Wildman–Crippen MR) is 223 cm³/mol. The van der Waals surface area contributed by atoms with Crippen LogP contribution >= 0.6 is 7.82 Å². The van der Waals surface area contributed by atoms with Crippen LogP contribution in [-0.4, -0.2) is 63.5 Å². The van der Waals surface area contributed by atoms with E-state index in [4.69, 9.17) is 19.3 Å². The fraction of sp³-hybridized carbons (Fsp3) is 0.773. The molecule has 0 radical (unpaired) electrons. The number of hydrogen-bond acceptors (Lipinski definition) is 8. The van der Waals surface area contributed by atoms with Gasteiger partial charge in [-0.25, -0.2) is 4.57 Å². The van der Waals surface area contributed by atoms with Crippen molar-refractivity contribution in [3.63, 3.8) is 0 Å². The number of phosphoric ester groups is 1. The van der Waals surface area contributed by atoms with Crippen molar-refractivity contribution in [1.29, 1.82) is 0 Å². The Hall–Kier alpha value is -2.07. The molecule has 0 aliphatic carbocycles. The van der Waals surface area contributed by atoms with Crippen molar-refractivity contribution in [2.45, 2.75) is 200 Å². The van der Waals surface area contributed by atoms with Gasteiger partial charge in [-0.2, -0.15) is 0 Å². The molecule has 4 atom stereocenters. The summed E-state index contributed by atoms with van der Waals surface area (Å²) in [7, 11) is -4.81. The molecule has 11 heteroatoms. The van der Waals surface area contributed by atoms with Gasteiger partial charge in [-0.15, -0.1) is 0 Å².